The first-order valence-corrected chi connectivity index (χ1v) is 7.06. The molecule has 0 heterocycles. The van der Waals surface area contributed by atoms with Crippen LogP contribution < -0.4 is 4.74 Å². The third-order valence-electron chi connectivity index (χ3n) is 3.58. The second kappa shape index (κ2) is 7.08. The third kappa shape index (κ3) is 4.08. The molecule has 0 amide bonds. The van der Waals surface area contributed by atoms with Crippen LogP contribution in [0.25, 0.3) is 0 Å². The highest BCUT2D eigenvalue weighted by molar-refractivity contribution is 6.34. The van der Waals surface area contributed by atoms with Crippen molar-refractivity contribution < 1.29 is 19.1 Å². The Morgan fingerprint density at radius 1 is 1.10 bits per heavy atom. The molecule has 20 heavy (non-hydrogen) atoms. The molecule has 0 radical (unpaired) electrons. The van der Waals surface area contributed by atoms with Crippen LogP contribution in [0, 0.1) is 0 Å². The quantitative estimate of drug-likeness (QED) is 0.613. The summed E-state index contributed by atoms with van der Waals surface area (Å²) in [6.45, 7) is 0. The number of methoxy groups -OCH3 is 1. The molecule has 0 aromatic heterocycles. The van der Waals surface area contributed by atoms with E-state index in [2.05, 4.69) is 0 Å². The molecule has 0 spiro atoms. The number of rotatable bonds is 5. The van der Waals surface area contributed by atoms with E-state index in [1.807, 2.05) is 0 Å². The number of hydrogen-bond donors (Lipinski definition) is 0. The number of carbonyl (C=O) groups excluding carboxylic acids is 2. The molecule has 1 aliphatic rings. The summed E-state index contributed by atoms with van der Waals surface area (Å²) < 4.78 is 10.3. The Balaban J connectivity index is 1.84. The van der Waals surface area contributed by atoms with E-state index in [-0.39, 0.29) is 12.5 Å². The maximum absolute atomic E-state index is 11.8. The topological polar surface area (TPSA) is 52.6 Å². The summed E-state index contributed by atoms with van der Waals surface area (Å²) in [6.07, 6.45) is 5.10. The number of ether oxygens (including phenoxy) is 2. The van der Waals surface area contributed by atoms with Gasteiger partial charge in [-0.1, -0.05) is 18.6 Å². The van der Waals surface area contributed by atoms with Gasteiger partial charge >= 0.3 is 5.97 Å². The zero-order chi connectivity index (χ0) is 14.4. The summed E-state index contributed by atoms with van der Waals surface area (Å²) in [5.74, 6) is -0.459. The summed E-state index contributed by atoms with van der Waals surface area (Å²) in [4.78, 5) is 23.6. The van der Waals surface area contributed by atoms with E-state index in [9.17, 15) is 9.59 Å². The van der Waals surface area contributed by atoms with Crippen LogP contribution >= 0.6 is 0 Å². The Morgan fingerprint density at radius 3 is 2.35 bits per heavy atom. The second-order valence-electron chi connectivity index (χ2n) is 5.11. The number of Topliss-reactive ketones (excluding diaryl/α,β-unsaturated/α-hetero) is 1. The predicted octanol–water partition coefficient (Wildman–Crippen LogP) is 2.68. The van der Waals surface area contributed by atoms with Gasteiger partial charge in [-0.2, -0.15) is 0 Å². The molecule has 2 rings (SSSR count). The molecule has 1 saturated carbocycles. The van der Waals surface area contributed by atoms with Gasteiger partial charge in [0.05, 0.1) is 7.11 Å². The Hall–Kier alpha value is -1.84. The summed E-state index contributed by atoms with van der Waals surface area (Å²) in [5, 5.41) is 0. The average molecular weight is 276 g/mol. The molecule has 0 aliphatic heterocycles. The minimum absolute atomic E-state index is 0.0731. The molecule has 1 fully saturated rings. The van der Waals surface area contributed by atoms with E-state index >= 15 is 0 Å². The van der Waals surface area contributed by atoms with Gasteiger partial charge in [-0.15, -0.1) is 0 Å². The fourth-order valence-corrected chi connectivity index (χ4v) is 2.40. The van der Waals surface area contributed by atoms with Gasteiger partial charge in [0.2, 0.25) is 5.78 Å². The molecule has 4 nitrogen and oxygen atoms in total. The van der Waals surface area contributed by atoms with Crippen molar-refractivity contribution in [3.05, 3.63) is 29.8 Å². The largest absolute Gasteiger partial charge is 0.497 e. The molecule has 0 bridgehead atoms. The van der Waals surface area contributed by atoms with Crippen molar-refractivity contribution in [2.75, 3.05) is 7.11 Å². The van der Waals surface area contributed by atoms with Crippen molar-refractivity contribution in [1.29, 1.82) is 0 Å². The van der Waals surface area contributed by atoms with Crippen molar-refractivity contribution >= 4 is 11.8 Å². The van der Waals surface area contributed by atoms with Gasteiger partial charge in [0, 0.05) is 6.42 Å². The van der Waals surface area contributed by atoms with Gasteiger partial charge < -0.3 is 9.47 Å². The molecule has 0 N–H and O–H groups in total. The lowest BCUT2D eigenvalue weighted by molar-refractivity contribution is -0.158. The minimum Gasteiger partial charge on any atom is -0.497 e. The van der Waals surface area contributed by atoms with Crippen LogP contribution in [0.15, 0.2) is 24.3 Å². The lowest BCUT2D eigenvalue weighted by atomic mass is 9.98. The van der Waals surface area contributed by atoms with Crippen LogP contribution in [0.5, 0.6) is 5.75 Å². The maximum Gasteiger partial charge on any atom is 0.375 e. The molecule has 1 aliphatic carbocycles. The van der Waals surface area contributed by atoms with Crippen molar-refractivity contribution in [2.45, 2.75) is 44.6 Å². The van der Waals surface area contributed by atoms with Crippen molar-refractivity contribution in [2.24, 2.45) is 0 Å². The Bertz CT molecular complexity index is 458. The zero-order valence-electron chi connectivity index (χ0n) is 11.8. The molecule has 108 valence electrons. The maximum atomic E-state index is 11.8. The van der Waals surface area contributed by atoms with Gasteiger partial charge in [0.25, 0.3) is 0 Å². The van der Waals surface area contributed by atoms with E-state index in [0.717, 1.165) is 37.0 Å². The highest BCUT2D eigenvalue weighted by atomic mass is 16.5. The number of ketones is 1. The Morgan fingerprint density at radius 2 is 1.75 bits per heavy atom. The number of benzene rings is 1. The van der Waals surface area contributed by atoms with E-state index in [0.29, 0.717) is 0 Å². The fourth-order valence-electron chi connectivity index (χ4n) is 2.40. The van der Waals surface area contributed by atoms with Crippen LogP contribution in [0.3, 0.4) is 0 Å². The molecule has 0 saturated heterocycles. The van der Waals surface area contributed by atoms with Gasteiger partial charge in [0.1, 0.15) is 11.9 Å². The second-order valence-corrected chi connectivity index (χ2v) is 5.11. The lowest BCUT2D eigenvalue weighted by Gasteiger charge is -2.21. The van der Waals surface area contributed by atoms with Gasteiger partial charge in [-0.05, 0) is 43.4 Å². The standard InChI is InChI=1S/C16H20O4/c1-19-13-9-7-12(8-10-13)11-15(17)16(18)20-14-5-3-2-4-6-14/h7-10,14H,2-6,11H2,1H3. The third-order valence-corrected chi connectivity index (χ3v) is 3.58. The summed E-state index contributed by atoms with van der Waals surface area (Å²) in [7, 11) is 1.59. The number of carbonyl (C=O) groups is 2. The van der Waals surface area contributed by atoms with Crippen LogP contribution in [0.1, 0.15) is 37.7 Å². The lowest BCUT2D eigenvalue weighted by Crippen LogP contribution is -2.27. The minimum atomic E-state index is -0.701. The Kier molecular flexibility index (Phi) is 5.16. The van der Waals surface area contributed by atoms with Crippen LogP contribution in [0.4, 0.5) is 0 Å². The monoisotopic (exact) mass is 276 g/mol. The SMILES string of the molecule is COc1ccc(CC(=O)C(=O)OC2CCCCC2)cc1. The summed E-state index contributed by atoms with van der Waals surface area (Å²) in [5.41, 5.74) is 0.788. The molecular formula is C16H20O4. The van der Waals surface area contributed by atoms with E-state index < -0.39 is 11.8 Å². The van der Waals surface area contributed by atoms with E-state index in [1.165, 1.54) is 6.42 Å². The van der Waals surface area contributed by atoms with Gasteiger partial charge in [0.15, 0.2) is 0 Å². The van der Waals surface area contributed by atoms with Gasteiger partial charge in [-0.25, -0.2) is 4.79 Å². The molecule has 4 heteroatoms. The fraction of sp³-hybridized carbons (Fsp3) is 0.500. The average Bonchev–Trinajstić information content (AvgIpc) is 2.49. The highest BCUT2D eigenvalue weighted by Crippen LogP contribution is 2.20. The molecule has 1 aromatic carbocycles. The smallest absolute Gasteiger partial charge is 0.375 e. The van der Waals surface area contributed by atoms with Crippen molar-refractivity contribution in [3.63, 3.8) is 0 Å². The first-order chi connectivity index (χ1) is 9.69. The summed E-state index contributed by atoms with van der Waals surface area (Å²) >= 11 is 0. The Labute approximate surface area is 119 Å². The zero-order valence-corrected chi connectivity index (χ0v) is 11.8. The van der Waals surface area contributed by atoms with E-state index in [4.69, 9.17) is 9.47 Å². The van der Waals surface area contributed by atoms with Crippen LogP contribution in [-0.2, 0) is 20.7 Å². The van der Waals surface area contributed by atoms with Crippen molar-refractivity contribution in [3.8, 4) is 5.75 Å². The molecule has 0 atom stereocenters. The van der Waals surface area contributed by atoms with Crippen LogP contribution in [-0.4, -0.2) is 25.0 Å². The highest BCUT2D eigenvalue weighted by Gasteiger charge is 2.22. The van der Waals surface area contributed by atoms with E-state index in [1.54, 1.807) is 31.4 Å². The number of esters is 1. The first kappa shape index (κ1) is 14.6. The van der Waals surface area contributed by atoms with Crippen molar-refractivity contribution in [1.82, 2.24) is 0 Å². The molecule has 1 aromatic rings. The van der Waals surface area contributed by atoms with Gasteiger partial charge in [-0.3, -0.25) is 4.79 Å². The first-order valence-electron chi connectivity index (χ1n) is 7.06. The molecular weight excluding hydrogens is 256 g/mol. The molecule has 0 unspecified atom stereocenters. The number of hydrogen-bond acceptors (Lipinski definition) is 4. The normalized spacial score (nSPS) is 15.7. The van der Waals surface area contributed by atoms with Crippen LogP contribution in [0.2, 0.25) is 0 Å². The summed E-state index contributed by atoms with van der Waals surface area (Å²) in [6, 6.07) is 7.11. The predicted molar refractivity (Wildman–Crippen MR) is 74.7 cm³/mol.